The molecular weight excluding hydrogens is 236 g/mol. The molecule has 0 unspecified atom stereocenters. The molecule has 0 aliphatic heterocycles. The predicted octanol–water partition coefficient (Wildman–Crippen LogP) is 3.69. The first-order chi connectivity index (χ1) is 9.27. The fraction of sp³-hybridized carbons (Fsp3) is 0.529. The molecule has 0 heterocycles. The van der Waals surface area contributed by atoms with Crippen molar-refractivity contribution in [2.75, 3.05) is 13.2 Å². The zero-order valence-electron chi connectivity index (χ0n) is 12.0. The molecule has 0 saturated carbocycles. The van der Waals surface area contributed by atoms with Crippen LogP contribution < -0.4 is 4.74 Å². The second-order valence-electron chi connectivity index (χ2n) is 4.66. The fourth-order valence-corrected chi connectivity index (χ4v) is 1.82. The highest BCUT2D eigenvalue weighted by Gasteiger charge is 2.00. The number of aryl methyl sites for hydroxylation is 1. The van der Waals surface area contributed by atoms with E-state index in [9.17, 15) is 0 Å². The van der Waals surface area contributed by atoms with Gasteiger partial charge in [0.05, 0.1) is 13.2 Å². The van der Waals surface area contributed by atoms with E-state index in [0.29, 0.717) is 6.42 Å². The summed E-state index contributed by atoms with van der Waals surface area (Å²) < 4.78 is 5.78. The van der Waals surface area contributed by atoms with Crippen molar-refractivity contribution in [3.8, 4) is 17.6 Å². The molecule has 0 aliphatic carbocycles. The Morgan fingerprint density at radius 1 is 1.21 bits per heavy atom. The number of hydrogen-bond acceptors (Lipinski definition) is 2. The van der Waals surface area contributed by atoms with Crippen molar-refractivity contribution in [2.45, 2.75) is 46.0 Å². The normalized spacial score (nSPS) is 9.84. The van der Waals surface area contributed by atoms with Crippen LogP contribution in [-0.2, 0) is 0 Å². The van der Waals surface area contributed by atoms with Crippen LogP contribution in [0.1, 0.15) is 50.2 Å². The van der Waals surface area contributed by atoms with Gasteiger partial charge in [-0.15, -0.1) is 0 Å². The summed E-state index contributed by atoms with van der Waals surface area (Å²) in [7, 11) is 0. The first-order valence-corrected chi connectivity index (χ1v) is 7.11. The number of unbranched alkanes of at least 4 members (excludes halogenated alkanes) is 3. The van der Waals surface area contributed by atoms with Crippen molar-refractivity contribution in [1.29, 1.82) is 0 Å². The van der Waals surface area contributed by atoms with Crippen LogP contribution in [0.2, 0.25) is 0 Å². The molecule has 104 valence electrons. The van der Waals surface area contributed by atoms with Gasteiger partial charge in [-0.2, -0.15) is 0 Å². The molecule has 0 atom stereocenters. The second kappa shape index (κ2) is 9.47. The fourth-order valence-electron chi connectivity index (χ4n) is 1.82. The number of hydrogen-bond donors (Lipinski definition) is 1. The zero-order chi connectivity index (χ0) is 13.9. The lowest BCUT2D eigenvalue weighted by Gasteiger charge is -2.09. The van der Waals surface area contributed by atoms with E-state index >= 15 is 0 Å². The monoisotopic (exact) mass is 260 g/mol. The van der Waals surface area contributed by atoms with E-state index in [-0.39, 0.29) is 6.61 Å². The average Bonchev–Trinajstić information content (AvgIpc) is 2.41. The Morgan fingerprint density at radius 3 is 2.74 bits per heavy atom. The molecule has 2 nitrogen and oxygen atoms in total. The number of rotatable bonds is 7. The molecule has 0 radical (unpaired) electrons. The van der Waals surface area contributed by atoms with Crippen LogP contribution in [0.3, 0.4) is 0 Å². The highest BCUT2D eigenvalue weighted by Crippen LogP contribution is 2.19. The van der Waals surface area contributed by atoms with Crippen molar-refractivity contribution < 1.29 is 9.84 Å². The Labute approximate surface area is 116 Å². The lowest BCUT2D eigenvalue weighted by molar-refractivity contribution is 0.303. The number of benzene rings is 1. The van der Waals surface area contributed by atoms with Gasteiger partial charge in [0, 0.05) is 12.0 Å². The Bertz CT molecular complexity index is 427. The van der Waals surface area contributed by atoms with E-state index in [0.717, 1.165) is 29.9 Å². The van der Waals surface area contributed by atoms with Crippen molar-refractivity contribution in [1.82, 2.24) is 0 Å². The first kappa shape index (κ1) is 15.6. The molecule has 1 rings (SSSR count). The van der Waals surface area contributed by atoms with Crippen LogP contribution in [0.5, 0.6) is 5.75 Å². The van der Waals surface area contributed by atoms with Crippen LogP contribution >= 0.6 is 0 Å². The van der Waals surface area contributed by atoms with E-state index in [2.05, 4.69) is 18.8 Å². The zero-order valence-corrected chi connectivity index (χ0v) is 12.0. The lowest BCUT2D eigenvalue weighted by Crippen LogP contribution is -1.99. The maximum atomic E-state index is 8.68. The third-order valence-electron chi connectivity index (χ3n) is 2.90. The van der Waals surface area contributed by atoms with Crippen LogP contribution in [-0.4, -0.2) is 18.3 Å². The predicted molar refractivity (Wildman–Crippen MR) is 79.4 cm³/mol. The lowest BCUT2D eigenvalue weighted by atomic mass is 10.1. The van der Waals surface area contributed by atoms with Gasteiger partial charge in [-0.1, -0.05) is 38.0 Å². The van der Waals surface area contributed by atoms with Gasteiger partial charge >= 0.3 is 0 Å². The molecule has 2 heteroatoms. The van der Waals surface area contributed by atoms with Gasteiger partial charge in [-0.25, -0.2) is 0 Å². The first-order valence-electron chi connectivity index (χ1n) is 7.11. The SMILES string of the molecule is CCCCCCOc1ccc(C#CCCO)cc1C. The van der Waals surface area contributed by atoms with Gasteiger partial charge < -0.3 is 9.84 Å². The topological polar surface area (TPSA) is 29.5 Å². The van der Waals surface area contributed by atoms with Crippen LogP contribution in [0.4, 0.5) is 0 Å². The molecule has 1 N–H and O–H groups in total. The van der Waals surface area contributed by atoms with Gasteiger partial charge in [0.2, 0.25) is 0 Å². The minimum absolute atomic E-state index is 0.116. The summed E-state index contributed by atoms with van der Waals surface area (Å²) >= 11 is 0. The largest absolute Gasteiger partial charge is 0.493 e. The molecular formula is C17H24O2. The highest BCUT2D eigenvalue weighted by atomic mass is 16.5. The highest BCUT2D eigenvalue weighted by molar-refractivity contribution is 5.43. The summed E-state index contributed by atoms with van der Waals surface area (Å²) in [5.74, 6) is 6.90. The molecule has 19 heavy (non-hydrogen) atoms. The van der Waals surface area contributed by atoms with Crippen molar-refractivity contribution in [3.05, 3.63) is 29.3 Å². The quantitative estimate of drug-likeness (QED) is 0.598. The molecule has 0 aromatic heterocycles. The number of ether oxygens (including phenoxy) is 1. The molecule has 0 bridgehead atoms. The summed E-state index contributed by atoms with van der Waals surface area (Å²) in [6, 6.07) is 5.99. The van der Waals surface area contributed by atoms with Crippen LogP contribution in [0.25, 0.3) is 0 Å². The minimum atomic E-state index is 0.116. The molecule has 0 saturated heterocycles. The Balaban J connectivity index is 2.46. The van der Waals surface area contributed by atoms with E-state index in [1.165, 1.54) is 19.3 Å². The Hall–Kier alpha value is -1.46. The summed E-state index contributed by atoms with van der Waals surface area (Å²) in [4.78, 5) is 0. The average molecular weight is 260 g/mol. The van der Waals surface area contributed by atoms with E-state index in [4.69, 9.17) is 9.84 Å². The summed E-state index contributed by atoms with van der Waals surface area (Å²) in [6.45, 7) is 5.15. The third kappa shape index (κ3) is 6.31. The summed E-state index contributed by atoms with van der Waals surface area (Å²) in [5.41, 5.74) is 2.09. The van der Waals surface area contributed by atoms with Gasteiger partial charge in [-0.3, -0.25) is 0 Å². The molecule has 0 amide bonds. The van der Waals surface area contributed by atoms with E-state index in [1.807, 2.05) is 25.1 Å². The van der Waals surface area contributed by atoms with Gasteiger partial charge in [0.15, 0.2) is 0 Å². The summed E-state index contributed by atoms with van der Waals surface area (Å²) in [5, 5.41) is 8.68. The van der Waals surface area contributed by atoms with Crippen molar-refractivity contribution >= 4 is 0 Å². The number of aliphatic hydroxyl groups excluding tert-OH is 1. The molecule has 0 fully saturated rings. The smallest absolute Gasteiger partial charge is 0.122 e. The molecule has 1 aromatic rings. The maximum Gasteiger partial charge on any atom is 0.122 e. The summed E-state index contributed by atoms with van der Waals surface area (Å²) in [6.07, 6.45) is 5.41. The van der Waals surface area contributed by atoms with Gasteiger partial charge in [0.25, 0.3) is 0 Å². The maximum absolute atomic E-state index is 8.68. The second-order valence-corrected chi connectivity index (χ2v) is 4.66. The Morgan fingerprint density at radius 2 is 2.05 bits per heavy atom. The van der Waals surface area contributed by atoms with Crippen molar-refractivity contribution in [3.63, 3.8) is 0 Å². The van der Waals surface area contributed by atoms with Crippen molar-refractivity contribution in [2.24, 2.45) is 0 Å². The van der Waals surface area contributed by atoms with Gasteiger partial charge in [0.1, 0.15) is 5.75 Å². The van der Waals surface area contributed by atoms with Crippen LogP contribution in [0, 0.1) is 18.8 Å². The molecule has 0 spiro atoms. The van der Waals surface area contributed by atoms with E-state index in [1.54, 1.807) is 0 Å². The molecule has 1 aromatic carbocycles. The number of aliphatic hydroxyl groups is 1. The third-order valence-corrected chi connectivity index (χ3v) is 2.90. The Kier molecular flexibility index (Phi) is 7.77. The van der Waals surface area contributed by atoms with Crippen LogP contribution in [0.15, 0.2) is 18.2 Å². The standard InChI is InChI=1S/C17H24O2/c1-3-4-5-8-13-19-17-11-10-16(14-15(17)2)9-6-7-12-18/h10-11,14,18H,3-5,7-8,12-13H2,1-2H3. The molecule has 0 aliphatic rings. The minimum Gasteiger partial charge on any atom is -0.493 e. The van der Waals surface area contributed by atoms with Gasteiger partial charge in [-0.05, 0) is 37.1 Å². The van der Waals surface area contributed by atoms with E-state index < -0.39 is 0 Å².